The third-order valence-corrected chi connectivity index (χ3v) is 2.91. The molecule has 0 saturated heterocycles. The van der Waals surface area contributed by atoms with Crippen LogP contribution in [0.2, 0.25) is 0 Å². The van der Waals surface area contributed by atoms with Gasteiger partial charge in [0, 0.05) is 6.54 Å². The summed E-state index contributed by atoms with van der Waals surface area (Å²) in [5.41, 5.74) is 8.14. The normalized spacial score (nSPS) is 9.85. The Hall–Kier alpha value is -2.51. The molecule has 0 amide bonds. The van der Waals surface area contributed by atoms with Gasteiger partial charge in [0.25, 0.3) is 0 Å². The number of hydrogen-bond acceptors (Lipinski definition) is 4. The number of ether oxygens (including phenoxy) is 2. The van der Waals surface area contributed by atoms with Crippen molar-refractivity contribution in [3.8, 4) is 17.6 Å². The van der Waals surface area contributed by atoms with E-state index in [0.29, 0.717) is 30.2 Å². The van der Waals surface area contributed by atoms with Gasteiger partial charge in [-0.25, -0.2) is 0 Å². The van der Waals surface area contributed by atoms with E-state index in [9.17, 15) is 0 Å². The second kappa shape index (κ2) is 6.60. The molecule has 0 heterocycles. The van der Waals surface area contributed by atoms with Gasteiger partial charge in [-0.15, -0.1) is 0 Å². The Morgan fingerprint density at radius 1 is 1.10 bits per heavy atom. The number of rotatable bonds is 5. The molecular weight excluding hydrogens is 252 g/mol. The summed E-state index contributed by atoms with van der Waals surface area (Å²) in [6.45, 7) is 0.842. The van der Waals surface area contributed by atoms with E-state index in [4.69, 9.17) is 20.5 Å². The second-order valence-corrected chi connectivity index (χ2v) is 4.29. The first-order chi connectivity index (χ1) is 9.76. The summed E-state index contributed by atoms with van der Waals surface area (Å²) < 4.78 is 11.0. The topological polar surface area (TPSA) is 68.3 Å². The van der Waals surface area contributed by atoms with Crippen molar-refractivity contribution in [3.63, 3.8) is 0 Å². The third kappa shape index (κ3) is 3.28. The van der Waals surface area contributed by atoms with Gasteiger partial charge in [0.05, 0.1) is 18.7 Å². The fourth-order valence-corrected chi connectivity index (χ4v) is 1.85. The lowest BCUT2D eigenvalue weighted by atomic mass is 10.1. The lowest BCUT2D eigenvalue weighted by Crippen LogP contribution is -2.00. The summed E-state index contributed by atoms with van der Waals surface area (Å²) in [6.07, 6.45) is 0. The first-order valence-corrected chi connectivity index (χ1v) is 6.25. The Morgan fingerprint density at radius 3 is 2.65 bits per heavy atom. The zero-order valence-corrected chi connectivity index (χ0v) is 11.3. The Balaban J connectivity index is 2.12. The van der Waals surface area contributed by atoms with Gasteiger partial charge in [-0.3, -0.25) is 0 Å². The van der Waals surface area contributed by atoms with E-state index < -0.39 is 0 Å². The van der Waals surface area contributed by atoms with Crippen LogP contribution in [0.1, 0.15) is 16.7 Å². The van der Waals surface area contributed by atoms with Crippen LogP contribution in [0.4, 0.5) is 0 Å². The fraction of sp³-hybridized carbons (Fsp3) is 0.188. The summed E-state index contributed by atoms with van der Waals surface area (Å²) in [5.74, 6) is 1.32. The predicted molar refractivity (Wildman–Crippen MR) is 76.4 cm³/mol. The Morgan fingerprint density at radius 2 is 1.95 bits per heavy atom. The molecule has 0 aliphatic heterocycles. The van der Waals surface area contributed by atoms with Gasteiger partial charge in [-0.1, -0.05) is 18.2 Å². The van der Waals surface area contributed by atoms with Gasteiger partial charge in [0.1, 0.15) is 6.61 Å². The molecule has 0 spiro atoms. The minimum absolute atomic E-state index is 0.383. The van der Waals surface area contributed by atoms with Gasteiger partial charge in [0.2, 0.25) is 0 Å². The highest BCUT2D eigenvalue weighted by molar-refractivity contribution is 5.43. The van der Waals surface area contributed by atoms with Crippen molar-refractivity contribution < 1.29 is 9.47 Å². The number of hydrogen-bond donors (Lipinski definition) is 1. The smallest absolute Gasteiger partial charge is 0.161 e. The van der Waals surface area contributed by atoms with Gasteiger partial charge in [-0.2, -0.15) is 5.26 Å². The molecule has 0 atom stereocenters. The van der Waals surface area contributed by atoms with Crippen molar-refractivity contribution in [1.82, 2.24) is 0 Å². The number of benzene rings is 2. The molecule has 4 heteroatoms. The molecule has 0 aliphatic carbocycles. The Labute approximate surface area is 118 Å². The molecule has 0 aromatic heterocycles. The average Bonchev–Trinajstić information content (AvgIpc) is 2.52. The van der Waals surface area contributed by atoms with E-state index in [1.54, 1.807) is 19.2 Å². The predicted octanol–water partition coefficient (Wildman–Crippen LogP) is 2.60. The lowest BCUT2D eigenvalue weighted by Gasteiger charge is -2.12. The quantitative estimate of drug-likeness (QED) is 0.905. The Kier molecular flexibility index (Phi) is 4.59. The Bertz CT molecular complexity index is 633. The molecule has 2 rings (SSSR count). The van der Waals surface area contributed by atoms with Crippen LogP contribution in [0, 0.1) is 11.3 Å². The van der Waals surface area contributed by atoms with E-state index >= 15 is 0 Å². The van der Waals surface area contributed by atoms with Crippen LogP contribution in [0.15, 0.2) is 42.5 Å². The first-order valence-electron chi connectivity index (χ1n) is 6.25. The summed E-state index contributed by atoms with van der Waals surface area (Å²) >= 11 is 0. The standard InChI is InChI=1S/C16H16N2O2/c1-19-16-8-13(10-18)5-6-15(16)20-11-14-4-2-3-12(7-14)9-17/h2-8H,10-11,18H2,1H3. The molecule has 0 radical (unpaired) electrons. The molecule has 0 aliphatic rings. The van der Waals surface area contributed by atoms with Gasteiger partial charge >= 0.3 is 0 Å². The van der Waals surface area contributed by atoms with E-state index in [-0.39, 0.29) is 0 Å². The van der Waals surface area contributed by atoms with Crippen LogP contribution in [0.25, 0.3) is 0 Å². The number of methoxy groups -OCH3 is 1. The van der Waals surface area contributed by atoms with Crippen molar-refractivity contribution >= 4 is 0 Å². The molecule has 0 saturated carbocycles. The van der Waals surface area contributed by atoms with Crippen molar-refractivity contribution in [2.24, 2.45) is 5.73 Å². The maximum absolute atomic E-state index is 8.86. The van der Waals surface area contributed by atoms with Crippen LogP contribution >= 0.6 is 0 Å². The third-order valence-electron chi connectivity index (χ3n) is 2.91. The summed E-state index contributed by atoms with van der Waals surface area (Å²) in [7, 11) is 1.60. The molecule has 0 unspecified atom stereocenters. The molecule has 0 bridgehead atoms. The maximum atomic E-state index is 8.86. The van der Waals surface area contributed by atoms with Crippen molar-refractivity contribution in [3.05, 3.63) is 59.2 Å². The first kappa shape index (κ1) is 13.9. The largest absolute Gasteiger partial charge is 0.493 e. The molecule has 20 heavy (non-hydrogen) atoms. The van der Waals surface area contributed by atoms with Crippen LogP contribution in [-0.2, 0) is 13.2 Å². The van der Waals surface area contributed by atoms with E-state index in [1.165, 1.54) is 0 Å². The van der Waals surface area contributed by atoms with Crippen LogP contribution in [0.3, 0.4) is 0 Å². The summed E-state index contributed by atoms with van der Waals surface area (Å²) in [6, 6.07) is 15.0. The van der Waals surface area contributed by atoms with Crippen LogP contribution < -0.4 is 15.2 Å². The van der Waals surface area contributed by atoms with E-state index in [0.717, 1.165) is 11.1 Å². The molecule has 2 aromatic rings. The number of nitrogens with two attached hydrogens (primary N) is 1. The van der Waals surface area contributed by atoms with Gasteiger partial charge < -0.3 is 15.2 Å². The molecule has 102 valence electrons. The molecule has 2 N–H and O–H groups in total. The minimum atomic E-state index is 0.383. The zero-order chi connectivity index (χ0) is 14.4. The average molecular weight is 268 g/mol. The molecule has 4 nitrogen and oxygen atoms in total. The highest BCUT2D eigenvalue weighted by atomic mass is 16.5. The highest BCUT2D eigenvalue weighted by Crippen LogP contribution is 2.28. The zero-order valence-electron chi connectivity index (χ0n) is 11.3. The number of nitriles is 1. The fourth-order valence-electron chi connectivity index (χ4n) is 1.85. The van der Waals surface area contributed by atoms with Gasteiger partial charge in [-0.05, 0) is 35.4 Å². The molecular formula is C16H16N2O2. The van der Waals surface area contributed by atoms with E-state index in [2.05, 4.69) is 6.07 Å². The van der Waals surface area contributed by atoms with Crippen LogP contribution in [0.5, 0.6) is 11.5 Å². The van der Waals surface area contributed by atoms with Crippen molar-refractivity contribution in [2.45, 2.75) is 13.2 Å². The lowest BCUT2D eigenvalue weighted by molar-refractivity contribution is 0.284. The summed E-state index contributed by atoms with van der Waals surface area (Å²) in [5, 5.41) is 8.86. The van der Waals surface area contributed by atoms with E-state index in [1.807, 2.05) is 30.3 Å². The maximum Gasteiger partial charge on any atom is 0.161 e. The highest BCUT2D eigenvalue weighted by Gasteiger charge is 2.06. The van der Waals surface area contributed by atoms with Gasteiger partial charge in [0.15, 0.2) is 11.5 Å². The van der Waals surface area contributed by atoms with Crippen molar-refractivity contribution in [2.75, 3.05) is 7.11 Å². The molecule has 2 aromatic carbocycles. The summed E-state index contributed by atoms with van der Waals surface area (Å²) in [4.78, 5) is 0. The number of nitrogens with zero attached hydrogens (tertiary/aromatic N) is 1. The second-order valence-electron chi connectivity index (χ2n) is 4.29. The van der Waals surface area contributed by atoms with Crippen molar-refractivity contribution in [1.29, 1.82) is 5.26 Å². The molecule has 0 fully saturated rings. The SMILES string of the molecule is COc1cc(CN)ccc1OCc1cccc(C#N)c1. The van der Waals surface area contributed by atoms with Crippen LogP contribution in [-0.4, -0.2) is 7.11 Å². The monoisotopic (exact) mass is 268 g/mol. The minimum Gasteiger partial charge on any atom is -0.493 e.